The number of hydrogen-bond acceptors (Lipinski definition) is 4. The van der Waals surface area contributed by atoms with Crippen LogP contribution >= 0.6 is 0 Å². The summed E-state index contributed by atoms with van der Waals surface area (Å²) in [6.07, 6.45) is 4.73. The molecule has 2 unspecified atom stereocenters. The fourth-order valence-corrected chi connectivity index (χ4v) is 4.87. The van der Waals surface area contributed by atoms with E-state index < -0.39 is 0 Å². The Morgan fingerprint density at radius 2 is 2.15 bits per heavy atom. The van der Waals surface area contributed by atoms with Crippen LogP contribution in [0, 0.1) is 23.7 Å². The third kappa shape index (κ3) is 2.61. The SMILES string of the molecule is Cc1cccc2c(=O)n(CC(=O)N/N=C3/CC4CCC3(C)C4(C)C)cnc12. The summed E-state index contributed by atoms with van der Waals surface area (Å²) in [5.74, 6) is 0.330. The number of benzene rings is 1. The van der Waals surface area contributed by atoms with Gasteiger partial charge >= 0.3 is 0 Å². The van der Waals surface area contributed by atoms with Crippen LogP contribution < -0.4 is 11.0 Å². The smallest absolute Gasteiger partial charge is 0.261 e. The number of rotatable bonds is 3. The quantitative estimate of drug-likeness (QED) is 0.849. The van der Waals surface area contributed by atoms with Gasteiger partial charge in [0, 0.05) is 11.1 Å². The molecular weight excluding hydrogens is 340 g/mol. The first kappa shape index (κ1) is 17.9. The largest absolute Gasteiger partial charge is 0.289 e. The predicted octanol–water partition coefficient (Wildman–Crippen LogP) is 3.02. The number of amides is 1. The first-order chi connectivity index (χ1) is 12.7. The van der Waals surface area contributed by atoms with E-state index in [4.69, 9.17) is 0 Å². The van der Waals surface area contributed by atoms with Crippen LogP contribution in [0.3, 0.4) is 0 Å². The molecule has 0 aliphatic heterocycles. The molecule has 2 aliphatic rings. The minimum absolute atomic E-state index is 0.0455. The molecule has 2 aliphatic carbocycles. The monoisotopic (exact) mass is 366 g/mol. The van der Waals surface area contributed by atoms with Crippen molar-refractivity contribution >= 4 is 22.5 Å². The predicted molar refractivity (Wildman–Crippen MR) is 106 cm³/mol. The maximum Gasteiger partial charge on any atom is 0.261 e. The number of fused-ring (bicyclic) bond motifs is 3. The number of aromatic nitrogens is 2. The fourth-order valence-electron chi connectivity index (χ4n) is 4.87. The average molecular weight is 366 g/mol. The standard InChI is InChI=1S/C21H26N4O2/c1-13-6-5-7-15-18(13)22-12-25(19(15)27)11-17(26)24-23-16-10-14-8-9-21(16,4)20(14,2)3/h5-7,12,14H,8-11H2,1-4H3,(H,24,26)/b23-16-. The molecule has 4 rings (SSSR count). The van der Waals surface area contributed by atoms with Gasteiger partial charge in [0.05, 0.1) is 17.2 Å². The minimum Gasteiger partial charge on any atom is -0.289 e. The zero-order chi connectivity index (χ0) is 19.4. The van der Waals surface area contributed by atoms with Crippen molar-refractivity contribution in [1.82, 2.24) is 15.0 Å². The van der Waals surface area contributed by atoms with Crippen LogP contribution in [0.2, 0.25) is 0 Å². The summed E-state index contributed by atoms with van der Waals surface area (Å²) in [5, 5.41) is 4.98. The third-order valence-corrected chi connectivity index (χ3v) is 7.20. The Balaban J connectivity index is 1.52. The lowest BCUT2D eigenvalue weighted by atomic mass is 9.70. The summed E-state index contributed by atoms with van der Waals surface area (Å²) in [6.45, 7) is 8.69. The van der Waals surface area contributed by atoms with E-state index in [2.05, 4.69) is 36.3 Å². The summed E-state index contributed by atoms with van der Waals surface area (Å²) in [6, 6.07) is 5.48. The average Bonchev–Trinajstić information content (AvgIpc) is 2.96. The molecule has 6 nitrogen and oxygen atoms in total. The zero-order valence-electron chi connectivity index (χ0n) is 16.4. The van der Waals surface area contributed by atoms with Gasteiger partial charge in [0.25, 0.3) is 11.5 Å². The molecule has 0 radical (unpaired) electrons. The molecular formula is C21H26N4O2. The van der Waals surface area contributed by atoms with Crippen molar-refractivity contribution in [3.05, 3.63) is 40.4 Å². The molecule has 1 aromatic heterocycles. The van der Waals surface area contributed by atoms with Crippen molar-refractivity contribution in [2.75, 3.05) is 0 Å². The van der Waals surface area contributed by atoms with Crippen LogP contribution in [0.4, 0.5) is 0 Å². The summed E-state index contributed by atoms with van der Waals surface area (Å²) in [4.78, 5) is 29.4. The van der Waals surface area contributed by atoms with Crippen LogP contribution in [0.5, 0.6) is 0 Å². The summed E-state index contributed by atoms with van der Waals surface area (Å²) in [7, 11) is 0. The molecule has 27 heavy (non-hydrogen) atoms. The first-order valence-electron chi connectivity index (χ1n) is 9.55. The second kappa shape index (κ2) is 6.01. The summed E-state index contributed by atoms with van der Waals surface area (Å²) < 4.78 is 1.34. The molecule has 142 valence electrons. The van der Waals surface area contributed by atoms with E-state index in [1.165, 1.54) is 17.3 Å². The second-order valence-corrected chi connectivity index (χ2v) is 8.74. The molecule has 0 saturated heterocycles. The second-order valence-electron chi connectivity index (χ2n) is 8.74. The van der Waals surface area contributed by atoms with Crippen molar-refractivity contribution in [1.29, 1.82) is 0 Å². The topological polar surface area (TPSA) is 76.3 Å². The van der Waals surface area contributed by atoms with Gasteiger partial charge in [0.15, 0.2) is 0 Å². The number of hydrogen-bond donors (Lipinski definition) is 1. The Hall–Kier alpha value is -2.50. The Bertz CT molecular complexity index is 1020. The van der Waals surface area contributed by atoms with Crippen molar-refractivity contribution in [3.63, 3.8) is 0 Å². The highest BCUT2D eigenvalue weighted by atomic mass is 16.2. The van der Waals surface area contributed by atoms with Gasteiger partial charge in [-0.05, 0) is 49.1 Å². The Morgan fingerprint density at radius 3 is 2.81 bits per heavy atom. The summed E-state index contributed by atoms with van der Waals surface area (Å²) in [5.41, 5.74) is 5.42. The number of aryl methyl sites for hydroxylation is 1. The van der Waals surface area contributed by atoms with Gasteiger partial charge in [0.1, 0.15) is 6.54 Å². The van der Waals surface area contributed by atoms with Crippen LogP contribution in [-0.4, -0.2) is 21.2 Å². The van der Waals surface area contributed by atoms with Gasteiger partial charge in [-0.3, -0.25) is 14.2 Å². The Labute approximate surface area is 158 Å². The molecule has 2 fully saturated rings. The van der Waals surface area contributed by atoms with E-state index in [1.807, 2.05) is 19.1 Å². The van der Waals surface area contributed by atoms with E-state index in [-0.39, 0.29) is 28.8 Å². The molecule has 2 saturated carbocycles. The maximum absolute atomic E-state index is 12.6. The zero-order valence-corrected chi connectivity index (χ0v) is 16.4. The lowest BCUT2D eigenvalue weighted by Crippen LogP contribution is -2.35. The molecule has 1 N–H and O–H groups in total. The number of carbonyl (C=O) groups is 1. The maximum atomic E-state index is 12.6. The fraction of sp³-hybridized carbons (Fsp3) is 0.524. The van der Waals surface area contributed by atoms with Crippen LogP contribution in [0.15, 0.2) is 34.4 Å². The Kier molecular flexibility index (Phi) is 3.98. The first-order valence-corrected chi connectivity index (χ1v) is 9.55. The van der Waals surface area contributed by atoms with Gasteiger partial charge in [-0.2, -0.15) is 5.10 Å². The number of nitrogens with zero attached hydrogens (tertiary/aromatic N) is 3. The molecule has 2 atom stereocenters. The van der Waals surface area contributed by atoms with Gasteiger partial charge in [-0.1, -0.05) is 32.9 Å². The number of hydrazone groups is 1. The van der Waals surface area contributed by atoms with E-state index in [0.717, 1.165) is 24.1 Å². The highest BCUT2D eigenvalue weighted by Crippen LogP contribution is 2.63. The van der Waals surface area contributed by atoms with Gasteiger partial charge in [-0.15, -0.1) is 0 Å². The highest BCUT2D eigenvalue weighted by molar-refractivity contribution is 5.95. The van der Waals surface area contributed by atoms with Gasteiger partial charge in [-0.25, -0.2) is 10.4 Å². The van der Waals surface area contributed by atoms with Crippen molar-refractivity contribution in [2.24, 2.45) is 21.8 Å². The number of nitrogens with one attached hydrogen (secondary N) is 1. The van der Waals surface area contributed by atoms with Crippen LogP contribution in [0.1, 0.15) is 45.6 Å². The summed E-state index contributed by atoms with van der Waals surface area (Å²) >= 11 is 0. The number of carbonyl (C=O) groups excluding carboxylic acids is 1. The molecule has 2 aromatic rings. The van der Waals surface area contributed by atoms with E-state index >= 15 is 0 Å². The lowest BCUT2D eigenvalue weighted by Gasteiger charge is -2.34. The molecule has 1 amide bonds. The third-order valence-electron chi connectivity index (χ3n) is 7.20. The van der Waals surface area contributed by atoms with Crippen molar-refractivity contribution < 1.29 is 4.79 Å². The van der Waals surface area contributed by atoms with Gasteiger partial charge in [0.2, 0.25) is 0 Å². The highest BCUT2D eigenvalue weighted by Gasteiger charge is 2.60. The molecule has 1 heterocycles. The van der Waals surface area contributed by atoms with Gasteiger partial charge < -0.3 is 0 Å². The minimum atomic E-state index is -0.303. The van der Waals surface area contributed by atoms with Crippen LogP contribution in [-0.2, 0) is 11.3 Å². The van der Waals surface area contributed by atoms with E-state index in [1.54, 1.807) is 6.07 Å². The molecule has 6 heteroatoms. The van der Waals surface area contributed by atoms with Crippen molar-refractivity contribution in [3.8, 4) is 0 Å². The molecule has 0 spiro atoms. The van der Waals surface area contributed by atoms with Crippen molar-refractivity contribution in [2.45, 2.75) is 53.5 Å². The number of para-hydroxylation sites is 1. The van der Waals surface area contributed by atoms with E-state index in [0.29, 0.717) is 16.8 Å². The molecule has 1 aromatic carbocycles. The van der Waals surface area contributed by atoms with E-state index in [9.17, 15) is 9.59 Å². The normalized spacial score (nSPS) is 27.4. The lowest BCUT2D eigenvalue weighted by molar-refractivity contribution is -0.121. The Morgan fingerprint density at radius 1 is 1.37 bits per heavy atom. The molecule has 2 bridgehead atoms. The van der Waals surface area contributed by atoms with Crippen LogP contribution in [0.25, 0.3) is 10.9 Å².